The maximum atomic E-state index is 9.00. The summed E-state index contributed by atoms with van der Waals surface area (Å²) in [5.41, 5.74) is 3.42. The maximum Gasteiger partial charge on any atom is 0.231 e. The molecule has 19 heavy (non-hydrogen) atoms. The number of benzene rings is 1. The van der Waals surface area contributed by atoms with Crippen LogP contribution in [0.3, 0.4) is 0 Å². The van der Waals surface area contributed by atoms with Gasteiger partial charge < -0.3 is 4.90 Å². The van der Waals surface area contributed by atoms with Crippen LogP contribution in [0.1, 0.15) is 23.9 Å². The molecular formula is C15H16N4. The zero-order chi connectivity index (χ0) is 13.8. The second-order valence-electron chi connectivity index (χ2n) is 4.39. The SMILES string of the molecule is CCN(c1cccc(C)c1)c1nc(C)cc(C#N)n1. The highest BCUT2D eigenvalue weighted by Gasteiger charge is 2.12. The van der Waals surface area contributed by atoms with Gasteiger partial charge in [-0.25, -0.2) is 9.97 Å². The van der Waals surface area contributed by atoms with Gasteiger partial charge in [0, 0.05) is 17.9 Å². The number of nitrogens with zero attached hydrogens (tertiary/aromatic N) is 4. The molecule has 1 heterocycles. The van der Waals surface area contributed by atoms with Crippen LogP contribution in [0.4, 0.5) is 11.6 Å². The molecule has 0 aliphatic heterocycles. The van der Waals surface area contributed by atoms with Crippen LogP contribution in [-0.4, -0.2) is 16.5 Å². The van der Waals surface area contributed by atoms with Crippen molar-refractivity contribution in [3.05, 3.63) is 47.3 Å². The third-order valence-corrected chi connectivity index (χ3v) is 2.83. The molecule has 0 saturated carbocycles. The molecule has 1 aromatic heterocycles. The summed E-state index contributed by atoms with van der Waals surface area (Å²) in [7, 11) is 0. The van der Waals surface area contributed by atoms with Crippen molar-refractivity contribution in [2.45, 2.75) is 20.8 Å². The Balaban J connectivity index is 2.48. The fraction of sp³-hybridized carbons (Fsp3) is 0.267. The zero-order valence-electron chi connectivity index (χ0n) is 11.4. The maximum absolute atomic E-state index is 9.00. The monoisotopic (exact) mass is 252 g/mol. The molecule has 2 rings (SSSR count). The summed E-state index contributed by atoms with van der Waals surface area (Å²) < 4.78 is 0. The molecule has 0 bridgehead atoms. The summed E-state index contributed by atoms with van der Waals surface area (Å²) in [6.07, 6.45) is 0. The average Bonchev–Trinajstić information content (AvgIpc) is 2.39. The van der Waals surface area contributed by atoms with Gasteiger partial charge in [-0.05, 0) is 44.5 Å². The second-order valence-corrected chi connectivity index (χ2v) is 4.39. The number of hydrogen-bond donors (Lipinski definition) is 0. The van der Waals surface area contributed by atoms with Crippen molar-refractivity contribution in [3.8, 4) is 6.07 Å². The third-order valence-electron chi connectivity index (χ3n) is 2.83. The molecule has 0 saturated heterocycles. The standard InChI is InChI=1S/C15H16N4/c1-4-19(14-7-5-6-11(2)8-14)15-17-12(3)9-13(10-16)18-15/h5-9H,4H2,1-3H3. The summed E-state index contributed by atoms with van der Waals surface area (Å²) >= 11 is 0. The molecule has 0 radical (unpaired) electrons. The van der Waals surface area contributed by atoms with Crippen molar-refractivity contribution in [2.24, 2.45) is 0 Å². The van der Waals surface area contributed by atoms with E-state index < -0.39 is 0 Å². The van der Waals surface area contributed by atoms with Crippen molar-refractivity contribution < 1.29 is 0 Å². The van der Waals surface area contributed by atoms with Crippen LogP contribution in [0, 0.1) is 25.2 Å². The van der Waals surface area contributed by atoms with Crippen LogP contribution in [-0.2, 0) is 0 Å². The smallest absolute Gasteiger partial charge is 0.231 e. The Labute approximate surface area is 113 Å². The van der Waals surface area contributed by atoms with E-state index in [4.69, 9.17) is 5.26 Å². The van der Waals surface area contributed by atoms with Crippen LogP contribution in [0.15, 0.2) is 30.3 Å². The molecule has 0 fully saturated rings. The minimum absolute atomic E-state index is 0.397. The molecule has 2 aromatic rings. The first-order valence-electron chi connectivity index (χ1n) is 6.24. The van der Waals surface area contributed by atoms with Crippen LogP contribution < -0.4 is 4.90 Å². The average molecular weight is 252 g/mol. The van der Waals surface area contributed by atoms with E-state index in [2.05, 4.69) is 35.1 Å². The highest BCUT2D eigenvalue weighted by Crippen LogP contribution is 2.23. The Morgan fingerprint density at radius 3 is 2.63 bits per heavy atom. The largest absolute Gasteiger partial charge is 0.311 e. The number of rotatable bonds is 3. The van der Waals surface area contributed by atoms with E-state index in [1.807, 2.05) is 30.9 Å². The molecular weight excluding hydrogens is 236 g/mol. The number of hydrogen-bond acceptors (Lipinski definition) is 4. The first-order chi connectivity index (χ1) is 9.13. The van der Waals surface area contributed by atoms with E-state index in [0.29, 0.717) is 11.6 Å². The van der Waals surface area contributed by atoms with Crippen molar-refractivity contribution >= 4 is 11.6 Å². The quantitative estimate of drug-likeness (QED) is 0.842. The Hall–Kier alpha value is -2.41. The Morgan fingerprint density at radius 1 is 1.21 bits per heavy atom. The van der Waals surface area contributed by atoms with Gasteiger partial charge in [0.15, 0.2) is 0 Å². The minimum Gasteiger partial charge on any atom is -0.311 e. The van der Waals surface area contributed by atoms with E-state index >= 15 is 0 Å². The van der Waals surface area contributed by atoms with E-state index in [9.17, 15) is 0 Å². The highest BCUT2D eigenvalue weighted by molar-refractivity contribution is 5.58. The van der Waals surface area contributed by atoms with Gasteiger partial charge in [0.05, 0.1) is 0 Å². The third kappa shape index (κ3) is 2.89. The minimum atomic E-state index is 0.397. The lowest BCUT2D eigenvalue weighted by Gasteiger charge is -2.21. The lowest BCUT2D eigenvalue weighted by Crippen LogP contribution is -2.19. The van der Waals surface area contributed by atoms with Gasteiger partial charge >= 0.3 is 0 Å². The predicted molar refractivity (Wildman–Crippen MR) is 75.3 cm³/mol. The first kappa shape index (κ1) is 13.0. The zero-order valence-corrected chi connectivity index (χ0v) is 11.4. The summed E-state index contributed by atoms with van der Waals surface area (Å²) in [5.74, 6) is 0.574. The van der Waals surface area contributed by atoms with Gasteiger partial charge in [-0.1, -0.05) is 12.1 Å². The molecule has 0 aliphatic rings. The number of anilines is 2. The van der Waals surface area contributed by atoms with Crippen molar-refractivity contribution in [2.75, 3.05) is 11.4 Å². The van der Waals surface area contributed by atoms with E-state index in [-0.39, 0.29) is 0 Å². The predicted octanol–water partition coefficient (Wildman–Crippen LogP) is 3.12. The lowest BCUT2D eigenvalue weighted by molar-refractivity contribution is 0.928. The Kier molecular flexibility index (Phi) is 3.76. The number of nitriles is 1. The number of aryl methyl sites for hydroxylation is 2. The molecule has 0 atom stereocenters. The summed E-state index contributed by atoms with van der Waals surface area (Å²) in [5, 5.41) is 9.00. The van der Waals surface area contributed by atoms with Gasteiger partial charge in [0.25, 0.3) is 0 Å². The summed E-state index contributed by atoms with van der Waals surface area (Å²) in [6.45, 7) is 6.71. The topological polar surface area (TPSA) is 52.8 Å². The fourth-order valence-electron chi connectivity index (χ4n) is 1.97. The molecule has 4 nitrogen and oxygen atoms in total. The van der Waals surface area contributed by atoms with Crippen LogP contribution in [0.2, 0.25) is 0 Å². The fourth-order valence-corrected chi connectivity index (χ4v) is 1.97. The Bertz CT molecular complexity index is 628. The molecule has 0 aliphatic carbocycles. The van der Waals surface area contributed by atoms with Crippen LogP contribution >= 0.6 is 0 Å². The van der Waals surface area contributed by atoms with Crippen LogP contribution in [0.25, 0.3) is 0 Å². The normalized spacial score (nSPS) is 10.0. The van der Waals surface area contributed by atoms with Gasteiger partial charge in [-0.15, -0.1) is 0 Å². The summed E-state index contributed by atoms with van der Waals surface area (Å²) in [6, 6.07) is 11.9. The first-order valence-corrected chi connectivity index (χ1v) is 6.24. The van der Waals surface area contributed by atoms with Crippen LogP contribution in [0.5, 0.6) is 0 Å². The Morgan fingerprint density at radius 2 is 2.00 bits per heavy atom. The lowest BCUT2D eigenvalue weighted by atomic mass is 10.2. The van der Waals surface area contributed by atoms with Crippen molar-refractivity contribution in [3.63, 3.8) is 0 Å². The van der Waals surface area contributed by atoms with E-state index in [1.54, 1.807) is 6.07 Å². The van der Waals surface area contributed by atoms with Crippen molar-refractivity contribution in [1.82, 2.24) is 9.97 Å². The van der Waals surface area contributed by atoms with E-state index in [0.717, 1.165) is 17.9 Å². The van der Waals surface area contributed by atoms with Gasteiger partial charge in [-0.3, -0.25) is 0 Å². The number of aromatic nitrogens is 2. The second kappa shape index (κ2) is 5.49. The molecule has 0 amide bonds. The molecule has 0 spiro atoms. The van der Waals surface area contributed by atoms with Gasteiger partial charge in [-0.2, -0.15) is 5.26 Å². The molecule has 1 aromatic carbocycles. The molecule has 4 heteroatoms. The summed E-state index contributed by atoms with van der Waals surface area (Å²) in [4.78, 5) is 10.7. The molecule has 0 unspecified atom stereocenters. The van der Waals surface area contributed by atoms with Gasteiger partial charge in [0.2, 0.25) is 5.95 Å². The highest BCUT2D eigenvalue weighted by atomic mass is 15.3. The van der Waals surface area contributed by atoms with Gasteiger partial charge in [0.1, 0.15) is 11.8 Å². The van der Waals surface area contributed by atoms with E-state index in [1.165, 1.54) is 5.56 Å². The molecule has 96 valence electrons. The molecule has 0 N–H and O–H groups in total. The van der Waals surface area contributed by atoms with Crippen molar-refractivity contribution in [1.29, 1.82) is 5.26 Å².